The van der Waals surface area contributed by atoms with Gasteiger partial charge in [-0.05, 0) is 31.1 Å². The van der Waals surface area contributed by atoms with E-state index in [0.29, 0.717) is 6.42 Å². The molecule has 1 rings (SSSR count). The second-order valence-corrected chi connectivity index (χ2v) is 5.87. The Labute approximate surface area is 108 Å². The van der Waals surface area contributed by atoms with Gasteiger partial charge < -0.3 is 15.7 Å². The van der Waals surface area contributed by atoms with Crippen molar-refractivity contribution in [3.05, 3.63) is 0 Å². The number of urea groups is 1. The van der Waals surface area contributed by atoms with Crippen LogP contribution in [0.2, 0.25) is 0 Å². The molecule has 104 valence electrons. The highest BCUT2D eigenvalue weighted by Gasteiger charge is 2.29. The topological polar surface area (TPSA) is 78.4 Å². The Kier molecular flexibility index (Phi) is 4.99. The first kappa shape index (κ1) is 14.8. The summed E-state index contributed by atoms with van der Waals surface area (Å²) < 4.78 is 0. The molecule has 2 atom stereocenters. The predicted molar refractivity (Wildman–Crippen MR) is 69.4 cm³/mol. The Bertz CT molecular complexity index is 315. The van der Waals surface area contributed by atoms with Gasteiger partial charge in [0.15, 0.2) is 0 Å². The van der Waals surface area contributed by atoms with Crippen molar-refractivity contribution in [2.45, 2.75) is 65.0 Å². The summed E-state index contributed by atoms with van der Waals surface area (Å²) >= 11 is 0. The number of carboxylic acid groups (broad SMARTS) is 1. The second-order valence-electron chi connectivity index (χ2n) is 5.87. The van der Waals surface area contributed by atoms with Crippen LogP contribution in [0.3, 0.4) is 0 Å². The number of amides is 2. The third kappa shape index (κ3) is 4.55. The Hall–Kier alpha value is -1.26. The van der Waals surface area contributed by atoms with Gasteiger partial charge in [0, 0.05) is 6.04 Å². The van der Waals surface area contributed by atoms with E-state index in [1.807, 2.05) is 0 Å². The average Bonchev–Trinajstić information content (AvgIpc) is 2.23. The molecule has 1 saturated carbocycles. The first-order valence-electron chi connectivity index (χ1n) is 6.64. The Morgan fingerprint density at radius 2 is 2.11 bits per heavy atom. The normalized spacial score (nSPS) is 24.1. The molecule has 0 saturated heterocycles. The van der Waals surface area contributed by atoms with E-state index in [1.165, 1.54) is 6.42 Å². The van der Waals surface area contributed by atoms with Gasteiger partial charge >= 0.3 is 12.0 Å². The SMILES string of the molecule is CCC(NC(=O)NC1CCCC(C)(C)C1)C(=O)O. The molecule has 0 radical (unpaired) electrons. The largest absolute Gasteiger partial charge is 0.480 e. The monoisotopic (exact) mass is 256 g/mol. The number of aliphatic carboxylic acids is 1. The van der Waals surface area contributed by atoms with E-state index in [0.717, 1.165) is 19.3 Å². The number of carbonyl (C=O) groups excluding carboxylic acids is 1. The molecule has 0 spiro atoms. The van der Waals surface area contributed by atoms with Crippen LogP contribution in [0.5, 0.6) is 0 Å². The van der Waals surface area contributed by atoms with Gasteiger partial charge in [-0.25, -0.2) is 9.59 Å². The Morgan fingerprint density at radius 3 is 2.61 bits per heavy atom. The number of hydrogen-bond acceptors (Lipinski definition) is 2. The molecular weight excluding hydrogens is 232 g/mol. The zero-order chi connectivity index (χ0) is 13.8. The molecule has 0 bridgehead atoms. The summed E-state index contributed by atoms with van der Waals surface area (Å²) in [6.07, 6.45) is 4.59. The minimum atomic E-state index is -0.989. The highest BCUT2D eigenvalue weighted by Crippen LogP contribution is 2.34. The maximum absolute atomic E-state index is 11.7. The third-order valence-corrected chi connectivity index (χ3v) is 3.55. The zero-order valence-corrected chi connectivity index (χ0v) is 11.5. The second kappa shape index (κ2) is 6.07. The number of nitrogens with one attached hydrogen (secondary N) is 2. The van der Waals surface area contributed by atoms with Crippen LogP contribution in [0.4, 0.5) is 4.79 Å². The van der Waals surface area contributed by atoms with Gasteiger partial charge in [0.1, 0.15) is 6.04 Å². The van der Waals surface area contributed by atoms with Gasteiger partial charge in [-0.1, -0.05) is 27.2 Å². The molecule has 0 aliphatic heterocycles. The molecule has 18 heavy (non-hydrogen) atoms. The van der Waals surface area contributed by atoms with Gasteiger partial charge in [0.2, 0.25) is 0 Å². The van der Waals surface area contributed by atoms with Crippen LogP contribution in [-0.4, -0.2) is 29.2 Å². The number of carbonyl (C=O) groups is 2. The van der Waals surface area contributed by atoms with Gasteiger partial charge in [0.25, 0.3) is 0 Å². The minimum Gasteiger partial charge on any atom is -0.480 e. The van der Waals surface area contributed by atoms with E-state index in [-0.39, 0.29) is 17.5 Å². The molecule has 1 aliphatic carbocycles. The maximum atomic E-state index is 11.7. The average molecular weight is 256 g/mol. The van der Waals surface area contributed by atoms with Crippen LogP contribution in [0.25, 0.3) is 0 Å². The van der Waals surface area contributed by atoms with Crippen molar-refractivity contribution in [3.8, 4) is 0 Å². The molecule has 2 amide bonds. The molecule has 0 aromatic carbocycles. The van der Waals surface area contributed by atoms with Crippen LogP contribution < -0.4 is 10.6 Å². The van der Waals surface area contributed by atoms with E-state index in [9.17, 15) is 9.59 Å². The smallest absolute Gasteiger partial charge is 0.326 e. The van der Waals surface area contributed by atoms with Crippen molar-refractivity contribution in [3.63, 3.8) is 0 Å². The Morgan fingerprint density at radius 1 is 1.44 bits per heavy atom. The third-order valence-electron chi connectivity index (χ3n) is 3.55. The van der Waals surface area contributed by atoms with Crippen LogP contribution in [0, 0.1) is 5.41 Å². The fourth-order valence-electron chi connectivity index (χ4n) is 2.55. The van der Waals surface area contributed by atoms with Crippen LogP contribution >= 0.6 is 0 Å². The van der Waals surface area contributed by atoms with Gasteiger partial charge in [0.05, 0.1) is 0 Å². The molecule has 1 fully saturated rings. The summed E-state index contributed by atoms with van der Waals surface area (Å²) in [6.45, 7) is 6.14. The van der Waals surface area contributed by atoms with Gasteiger partial charge in [-0.3, -0.25) is 0 Å². The van der Waals surface area contributed by atoms with Crippen LogP contribution in [-0.2, 0) is 4.79 Å². The lowest BCUT2D eigenvalue weighted by Gasteiger charge is -2.35. The lowest BCUT2D eigenvalue weighted by molar-refractivity contribution is -0.139. The molecule has 5 heteroatoms. The number of rotatable bonds is 4. The summed E-state index contributed by atoms with van der Waals surface area (Å²) in [7, 11) is 0. The highest BCUT2D eigenvalue weighted by molar-refractivity contribution is 5.82. The van der Waals surface area contributed by atoms with Crippen molar-refractivity contribution in [1.29, 1.82) is 0 Å². The summed E-state index contributed by atoms with van der Waals surface area (Å²) in [6, 6.07) is -1.02. The molecule has 0 aromatic heterocycles. The summed E-state index contributed by atoms with van der Waals surface area (Å²) in [4.78, 5) is 22.5. The Balaban J connectivity index is 2.42. The van der Waals surface area contributed by atoms with E-state index < -0.39 is 12.0 Å². The molecule has 0 aromatic rings. The molecule has 1 aliphatic rings. The quantitative estimate of drug-likeness (QED) is 0.721. The lowest BCUT2D eigenvalue weighted by atomic mass is 9.75. The molecule has 3 N–H and O–H groups in total. The molecular formula is C13H24N2O3. The minimum absolute atomic E-state index is 0.153. The first-order valence-corrected chi connectivity index (χ1v) is 6.64. The zero-order valence-electron chi connectivity index (χ0n) is 11.5. The number of carboxylic acids is 1. The fourth-order valence-corrected chi connectivity index (χ4v) is 2.55. The van der Waals surface area contributed by atoms with E-state index in [1.54, 1.807) is 6.92 Å². The standard InChI is InChI=1S/C13H24N2O3/c1-4-10(11(16)17)15-12(18)14-9-6-5-7-13(2,3)8-9/h9-10H,4-8H2,1-3H3,(H,16,17)(H2,14,15,18). The highest BCUT2D eigenvalue weighted by atomic mass is 16.4. The van der Waals surface area contributed by atoms with Crippen molar-refractivity contribution in [1.82, 2.24) is 10.6 Å². The summed E-state index contributed by atoms with van der Waals surface area (Å²) in [5, 5.41) is 14.2. The van der Waals surface area contributed by atoms with Gasteiger partial charge in [-0.15, -0.1) is 0 Å². The van der Waals surface area contributed by atoms with Crippen molar-refractivity contribution < 1.29 is 14.7 Å². The van der Waals surface area contributed by atoms with Crippen molar-refractivity contribution >= 4 is 12.0 Å². The van der Waals surface area contributed by atoms with Crippen LogP contribution in [0.1, 0.15) is 52.9 Å². The summed E-state index contributed by atoms with van der Waals surface area (Å²) in [5.74, 6) is -0.989. The summed E-state index contributed by atoms with van der Waals surface area (Å²) in [5.41, 5.74) is 0.257. The number of hydrogen-bond donors (Lipinski definition) is 3. The lowest BCUT2D eigenvalue weighted by Crippen LogP contribution is -2.50. The molecule has 5 nitrogen and oxygen atoms in total. The molecule has 0 heterocycles. The van der Waals surface area contributed by atoms with Crippen LogP contribution in [0.15, 0.2) is 0 Å². The molecule has 2 unspecified atom stereocenters. The van der Waals surface area contributed by atoms with Crippen molar-refractivity contribution in [2.75, 3.05) is 0 Å². The van der Waals surface area contributed by atoms with E-state index in [2.05, 4.69) is 24.5 Å². The van der Waals surface area contributed by atoms with Crippen molar-refractivity contribution in [2.24, 2.45) is 5.41 Å². The maximum Gasteiger partial charge on any atom is 0.326 e. The predicted octanol–water partition coefficient (Wildman–Crippen LogP) is 2.12. The first-order chi connectivity index (χ1) is 8.34. The fraction of sp³-hybridized carbons (Fsp3) is 0.846. The van der Waals surface area contributed by atoms with Gasteiger partial charge in [-0.2, -0.15) is 0 Å². The van der Waals surface area contributed by atoms with E-state index >= 15 is 0 Å². The van der Waals surface area contributed by atoms with E-state index in [4.69, 9.17) is 5.11 Å².